The van der Waals surface area contributed by atoms with Gasteiger partial charge in [0.15, 0.2) is 11.7 Å². The Labute approximate surface area is 218 Å². The minimum Gasteiger partial charge on any atom is -0.449 e. The number of aromatic nitrogens is 1. The molecule has 0 bridgehead atoms. The highest BCUT2D eigenvalue weighted by atomic mass is 32.2. The molecule has 4 aromatic carbocycles. The Morgan fingerprint density at radius 1 is 0.974 bits per heavy atom. The summed E-state index contributed by atoms with van der Waals surface area (Å²) in [5.74, 6) is -0.862. The Morgan fingerprint density at radius 3 is 2.37 bits per heavy atom. The van der Waals surface area contributed by atoms with Gasteiger partial charge < -0.3 is 14.5 Å². The topological polar surface area (TPSA) is 142 Å². The minimum absolute atomic E-state index is 0.0836. The van der Waals surface area contributed by atoms with Crippen molar-refractivity contribution < 1.29 is 27.2 Å². The largest absolute Gasteiger partial charge is 0.449 e. The van der Waals surface area contributed by atoms with E-state index in [4.69, 9.17) is 14.3 Å². The zero-order valence-corrected chi connectivity index (χ0v) is 21.1. The quantitative estimate of drug-likeness (QED) is 0.287. The third-order valence-corrected chi connectivity index (χ3v) is 6.94. The number of nitrogens with zero attached hydrogens (tertiary/aromatic N) is 1. The maximum Gasteiger partial charge on any atom is 0.339 e. The number of amides is 1. The van der Waals surface area contributed by atoms with E-state index in [1.807, 2.05) is 48.5 Å². The lowest BCUT2D eigenvalue weighted by molar-refractivity contribution is -0.124. The first-order chi connectivity index (χ1) is 18.2. The van der Waals surface area contributed by atoms with E-state index < -0.39 is 28.0 Å². The number of carbonyl (C=O) groups is 2. The maximum atomic E-state index is 13.4. The Morgan fingerprint density at radius 2 is 1.68 bits per heavy atom. The van der Waals surface area contributed by atoms with Gasteiger partial charge in [0.1, 0.15) is 5.52 Å². The Hall–Kier alpha value is -4.54. The average Bonchev–Trinajstić information content (AvgIpc) is 3.35. The molecule has 0 fully saturated rings. The minimum atomic E-state index is -3.86. The standard InChI is InChI=1S/C28H23N3O6S/c1-2-23(26(32)30-18-13-15-19(16-14-18)38(29,34)35)37-28(33)21-10-6-8-17-7-5-9-20(25(17)21)27-31-22-11-3-4-12-24(22)36-27/h3-16,23H,2H2,1H3,(H,30,32)(H2,29,34,35). The van der Waals surface area contributed by atoms with Crippen LogP contribution in [0, 0.1) is 0 Å². The summed E-state index contributed by atoms with van der Waals surface area (Å²) in [6.07, 6.45) is -0.873. The number of sulfonamides is 1. The molecule has 5 aromatic rings. The second kappa shape index (κ2) is 10.1. The van der Waals surface area contributed by atoms with Crippen molar-refractivity contribution in [2.45, 2.75) is 24.3 Å². The monoisotopic (exact) mass is 529 g/mol. The molecular formula is C28H23N3O6S. The van der Waals surface area contributed by atoms with Crippen molar-refractivity contribution in [1.82, 2.24) is 4.98 Å². The number of nitrogens with one attached hydrogen (secondary N) is 1. The van der Waals surface area contributed by atoms with E-state index in [2.05, 4.69) is 10.3 Å². The summed E-state index contributed by atoms with van der Waals surface area (Å²) in [6.45, 7) is 1.72. The van der Waals surface area contributed by atoms with Crippen LogP contribution in [-0.4, -0.2) is 31.4 Å². The zero-order chi connectivity index (χ0) is 26.9. The molecule has 1 amide bonds. The number of anilines is 1. The molecule has 1 unspecified atom stereocenters. The van der Waals surface area contributed by atoms with Crippen LogP contribution in [0.5, 0.6) is 0 Å². The van der Waals surface area contributed by atoms with Crippen LogP contribution in [0.2, 0.25) is 0 Å². The first-order valence-electron chi connectivity index (χ1n) is 11.8. The number of carbonyl (C=O) groups excluding carboxylic acids is 2. The number of rotatable bonds is 7. The first-order valence-corrected chi connectivity index (χ1v) is 13.3. The van der Waals surface area contributed by atoms with Crippen molar-refractivity contribution >= 4 is 49.5 Å². The van der Waals surface area contributed by atoms with Gasteiger partial charge in [-0.2, -0.15) is 0 Å². The average molecular weight is 530 g/mol. The molecule has 0 saturated heterocycles. The van der Waals surface area contributed by atoms with Gasteiger partial charge in [-0.15, -0.1) is 0 Å². The number of esters is 1. The van der Waals surface area contributed by atoms with Gasteiger partial charge >= 0.3 is 5.97 Å². The van der Waals surface area contributed by atoms with Crippen LogP contribution in [-0.2, 0) is 19.6 Å². The normalized spacial score (nSPS) is 12.4. The molecule has 9 nitrogen and oxygen atoms in total. The predicted molar refractivity (Wildman–Crippen MR) is 143 cm³/mol. The van der Waals surface area contributed by atoms with Gasteiger partial charge in [-0.25, -0.2) is 23.3 Å². The van der Waals surface area contributed by atoms with Crippen LogP contribution >= 0.6 is 0 Å². The van der Waals surface area contributed by atoms with E-state index in [9.17, 15) is 18.0 Å². The fourth-order valence-electron chi connectivity index (χ4n) is 4.14. The van der Waals surface area contributed by atoms with Crippen LogP contribution in [0.15, 0.2) is 94.2 Å². The SMILES string of the molecule is CCC(OC(=O)c1cccc2cccc(-c3nc4ccccc4o3)c12)C(=O)Nc1ccc(S(N)(=O)=O)cc1. The van der Waals surface area contributed by atoms with E-state index in [-0.39, 0.29) is 16.9 Å². The molecule has 1 heterocycles. The molecule has 5 rings (SSSR count). The molecule has 0 radical (unpaired) electrons. The highest BCUT2D eigenvalue weighted by Gasteiger charge is 2.25. The molecule has 38 heavy (non-hydrogen) atoms. The second-order valence-electron chi connectivity index (χ2n) is 8.56. The van der Waals surface area contributed by atoms with Gasteiger partial charge in [0, 0.05) is 16.6 Å². The summed E-state index contributed by atoms with van der Waals surface area (Å²) >= 11 is 0. The highest BCUT2D eigenvalue weighted by Crippen LogP contribution is 2.33. The third kappa shape index (κ3) is 4.99. The van der Waals surface area contributed by atoms with Gasteiger partial charge in [-0.3, -0.25) is 4.79 Å². The summed E-state index contributed by atoms with van der Waals surface area (Å²) in [5, 5.41) is 9.13. The zero-order valence-electron chi connectivity index (χ0n) is 20.2. The number of oxazole rings is 1. The van der Waals surface area contributed by atoms with E-state index in [0.717, 1.165) is 5.39 Å². The van der Waals surface area contributed by atoms with Crippen LogP contribution < -0.4 is 10.5 Å². The molecule has 1 atom stereocenters. The number of hydrogen-bond donors (Lipinski definition) is 2. The lowest BCUT2D eigenvalue weighted by Gasteiger charge is -2.17. The van der Waals surface area contributed by atoms with Gasteiger partial charge in [-0.05, 0) is 60.3 Å². The fourth-order valence-corrected chi connectivity index (χ4v) is 4.66. The molecule has 192 valence electrons. The molecule has 1 aromatic heterocycles. The molecule has 3 N–H and O–H groups in total. The summed E-state index contributed by atoms with van der Waals surface area (Å²) < 4.78 is 34.5. The maximum absolute atomic E-state index is 13.4. The number of hydrogen-bond acceptors (Lipinski definition) is 7. The summed E-state index contributed by atoms with van der Waals surface area (Å²) in [5.41, 5.74) is 2.54. The number of primary sulfonamides is 1. The highest BCUT2D eigenvalue weighted by molar-refractivity contribution is 7.89. The van der Waals surface area contributed by atoms with Crippen LogP contribution in [0.1, 0.15) is 23.7 Å². The van der Waals surface area contributed by atoms with Crippen LogP contribution in [0.3, 0.4) is 0 Å². The van der Waals surface area contributed by atoms with Gasteiger partial charge in [0.25, 0.3) is 5.91 Å². The molecule has 0 aliphatic carbocycles. The number of fused-ring (bicyclic) bond motifs is 2. The van der Waals surface area contributed by atoms with Gasteiger partial charge in [0.05, 0.1) is 10.5 Å². The molecule has 0 aliphatic rings. The van der Waals surface area contributed by atoms with E-state index >= 15 is 0 Å². The summed E-state index contributed by atoms with van der Waals surface area (Å²) in [4.78, 5) is 30.7. The summed E-state index contributed by atoms with van der Waals surface area (Å²) in [6, 6.07) is 23.5. The van der Waals surface area contributed by atoms with E-state index in [0.29, 0.717) is 33.6 Å². The third-order valence-electron chi connectivity index (χ3n) is 6.01. The lowest BCUT2D eigenvalue weighted by Crippen LogP contribution is -2.32. The summed E-state index contributed by atoms with van der Waals surface area (Å²) in [7, 11) is -3.86. The molecule has 10 heteroatoms. The number of benzene rings is 4. The van der Waals surface area contributed by atoms with Gasteiger partial charge in [0.2, 0.25) is 15.9 Å². The molecule has 0 aliphatic heterocycles. The molecular weight excluding hydrogens is 506 g/mol. The van der Waals surface area contributed by atoms with Crippen molar-refractivity contribution in [3.05, 3.63) is 90.5 Å². The Bertz CT molecular complexity index is 1740. The number of ether oxygens (including phenoxy) is 1. The van der Waals surface area contributed by atoms with Crippen molar-refractivity contribution in [2.75, 3.05) is 5.32 Å². The predicted octanol–water partition coefficient (Wildman–Crippen LogP) is 4.87. The van der Waals surface area contributed by atoms with Crippen molar-refractivity contribution in [2.24, 2.45) is 5.14 Å². The van der Waals surface area contributed by atoms with Crippen molar-refractivity contribution in [1.29, 1.82) is 0 Å². The van der Waals surface area contributed by atoms with Gasteiger partial charge in [-0.1, -0.05) is 43.3 Å². The first kappa shape index (κ1) is 25.1. The molecule has 0 spiro atoms. The Kier molecular flexibility index (Phi) is 6.66. The van der Waals surface area contributed by atoms with Crippen molar-refractivity contribution in [3.8, 4) is 11.5 Å². The van der Waals surface area contributed by atoms with E-state index in [1.54, 1.807) is 19.1 Å². The fraction of sp³-hybridized carbons (Fsp3) is 0.107. The Balaban J connectivity index is 1.42. The number of para-hydroxylation sites is 2. The van der Waals surface area contributed by atoms with Crippen LogP contribution in [0.25, 0.3) is 33.3 Å². The molecule has 0 saturated carbocycles. The van der Waals surface area contributed by atoms with Crippen LogP contribution in [0.4, 0.5) is 5.69 Å². The smallest absolute Gasteiger partial charge is 0.339 e. The number of nitrogens with two attached hydrogens (primary N) is 1. The van der Waals surface area contributed by atoms with E-state index in [1.165, 1.54) is 24.3 Å². The lowest BCUT2D eigenvalue weighted by atomic mass is 9.99. The second-order valence-corrected chi connectivity index (χ2v) is 10.1. The van der Waals surface area contributed by atoms with Crippen molar-refractivity contribution in [3.63, 3.8) is 0 Å².